The Labute approximate surface area is 182 Å². The van der Waals surface area contributed by atoms with Gasteiger partial charge in [-0.2, -0.15) is 4.98 Å². The first kappa shape index (κ1) is 19.4. The van der Waals surface area contributed by atoms with E-state index in [9.17, 15) is 4.79 Å². The van der Waals surface area contributed by atoms with E-state index in [4.69, 9.17) is 4.98 Å². The molecule has 0 aromatic carbocycles. The number of hydrogen-bond donors (Lipinski definition) is 2. The smallest absolute Gasteiger partial charge is 0.266 e. The van der Waals surface area contributed by atoms with Crippen LogP contribution in [-0.2, 0) is 0 Å². The fourth-order valence-electron chi connectivity index (χ4n) is 4.32. The molecule has 2 N–H and O–H groups in total. The maximum atomic E-state index is 12.8. The maximum Gasteiger partial charge on any atom is 0.266 e. The molecule has 4 heterocycles. The van der Waals surface area contributed by atoms with E-state index in [0.717, 1.165) is 68.8 Å². The van der Waals surface area contributed by atoms with Crippen molar-refractivity contribution in [3.63, 3.8) is 0 Å². The summed E-state index contributed by atoms with van der Waals surface area (Å²) in [7, 11) is 0. The second-order valence-corrected chi connectivity index (χ2v) is 8.70. The average Bonchev–Trinajstić information content (AvgIpc) is 3.30. The van der Waals surface area contributed by atoms with E-state index in [0.29, 0.717) is 16.1 Å². The molecular formula is C21H24BrN7O. The van der Waals surface area contributed by atoms with E-state index in [1.54, 1.807) is 18.5 Å². The van der Waals surface area contributed by atoms with Crippen LogP contribution in [0.25, 0.3) is 11.0 Å². The first-order valence-electron chi connectivity index (χ1n) is 10.5. The van der Waals surface area contributed by atoms with Gasteiger partial charge in [0.25, 0.3) is 5.56 Å². The molecule has 0 atom stereocenters. The van der Waals surface area contributed by atoms with E-state index >= 15 is 0 Å². The van der Waals surface area contributed by atoms with Crippen LogP contribution >= 0.6 is 15.9 Å². The summed E-state index contributed by atoms with van der Waals surface area (Å²) in [6.45, 7) is 3.88. The highest BCUT2D eigenvalue weighted by atomic mass is 79.9. The Morgan fingerprint density at radius 3 is 2.63 bits per heavy atom. The molecular weight excluding hydrogens is 446 g/mol. The van der Waals surface area contributed by atoms with Crippen LogP contribution < -0.4 is 21.1 Å². The van der Waals surface area contributed by atoms with Crippen LogP contribution in [-0.4, -0.2) is 45.7 Å². The van der Waals surface area contributed by atoms with E-state index < -0.39 is 0 Å². The van der Waals surface area contributed by atoms with Crippen LogP contribution in [0, 0.1) is 0 Å². The molecule has 1 saturated carbocycles. The normalized spacial score (nSPS) is 17.6. The Kier molecular flexibility index (Phi) is 5.39. The van der Waals surface area contributed by atoms with E-state index in [-0.39, 0.29) is 11.6 Å². The number of halogens is 1. The minimum Gasteiger partial charge on any atom is -0.354 e. The molecule has 1 aliphatic carbocycles. The van der Waals surface area contributed by atoms with Gasteiger partial charge in [0, 0.05) is 43.8 Å². The Morgan fingerprint density at radius 1 is 1.10 bits per heavy atom. The van der Waals surface area contributed by atoms with Gasteiger partial charge < -0.3 is 15.5 Å². The van der Waals surface area contributed by atoms with Gasteiger partial charge >= 0.3 is 0 Å². The quantitative estimate of drug-likeness (QED) is 0.606. The number of hydrogen-bond acceptors (Lipinski definition) is 7. The van der Waals surface area contributed by atoms with Crippen molar-refractivity contribution in [1.29, 1.82) is 0 Å². The number of anilines is 3. The first-order chi connectivity index (χ1) is 14.7. The summed E-state index contributed by atoms with van der Waals surface area (Å²) in [6.07, 6.45) is 7.88. The summed E-state index contributed by atoms with van der Waals surface area (Å²) >= 11 is 3.41. The van der Waals surface area contributed by atoms with Crippen LogP contribution in [0.2, 0.25) is 0 Å². The Hall–Kier alpha value is -2.52. The van der Waals surface area contributed by atoms with E-state index in [2.05, 4.69) is 41.4 Å². The maximum absolute atomic E-state index is 12.8. The van der Waals surface area contributed by atoms with Crippen molar-refractivity contribution in [3.8, 4) is 0 Å². The molecule has 1 saturated heterocycles. The highest BCUT2D eigenvalue weighted by Gasteiger charge is 2.22. The topological polar surface area (TPSA) is 88.0 Å². The SMILES string of the molecule is O=c1c(Br)cc2cnc(Nc3ccc(N4CCNCC4)nc3)nc2n1C1CCCC1. The zero-order chi connectivity index (χ0) is 20.5. The molecule has 30 heavy (non-hydrogen) atoms. The number of piperazine rings is 1. The Bertz CT molecular complexity index is 1100. The molecule has 5 rings (SSSR count). The van der Waals surface area contributed by atoms with E-state index in [1.807, 2.05) is 16.7 Å². The lowest BCUT2D eigenvalue weighted by atomic mass is 10.2. The van der Waals surface area contributed by atoms with Gasteiger partial charge in [0.2, 0.25) is 5.95 Å². The third kappa shape index (κ3) is 3.79. The standard InChI is InChI=1S/C21H24BrN7O/c22-17-11-14-12-25-21(27-19(14)29(20(17)30)16-3-1-2-4-16)26-15-5-6-18(24-13-15)28-9-7-23-8-10-28/h5-6,11-13,16,23H,1-4,7-10H2,(H,25,26,27). The van der Waals surface area contributed by atoms with Gasteiger partial charge in [0.1, 0.15) is 11.5 Å². The van der Waals surface area contributed by atoms with Crippen molar-refractivity contribution >= 4 is 44.4 Å². The number of nitrogens with zero attached hydrogens (tertiary/aromatic N) is 5. The molecule has 8 nitrogen and oxygen atoms in total. The van der Waals surface area contributed by atoms with Crippen LogP contribution in [0.5, 0.6) is 0 Å². The molecule has 2 aliphatic rings. The van der Waals surface area contributed by atoms with Crippen molar-refractivity contribution in [2.75, 3.05) is 36.4 Å². The third-order valence-electron chi connectivity index (χ3n) is 5.86. The lowest BCUT2D eigenvalue weighted by Crippen LogP contribution is -2.43. The molecule has 0 radical (unpaired) electrons. The highest BCUT2D eigenvalue weighted by Crippen LogP contribution is 2.31. The molecule has 9 heteroatoms. The lowest BCUT2D eigenvalue weighted by Gasteiger charge is -2.28. The number of fused-ring (bicyclic) bond motifs is 1. The minimum absolute atomic E-state index is 0.0268. The summed E-state index contributed by atoms with van der Waals surface area (Å²) in [5.41, 5.74) is 1.47. The van der Waals surface area contributed by atoms with Gasteiger partial charge in [-0.15, -0.1) is 0 Å². The molecule has 1 aliphatic heterocycles. The number of rotatable bonds is 4. The summed E-state index contributed by atoms with van der Waals surface area (Å²) < 4.78 is 2.39. The second-order valence-electron chi connectivity index (χ2n) is 7.85. The molecule has 3 aromatic heterocycles. The molecule has 0 unspecified atom stereocenters. The van der Waals surface area contributed by atoms with Crippen LogP contribution in [0.3, 0.4) is 0 Å². The van der Waals surface area contributed by atoms with E-state index in [1.165, 1.54) is 0 Å². The second kappa shape index (κ2) is 8.31. The van der Waals surface area contributed by atoms with Crippen molar-refractivity contribution in [2.45, 2.75) is 31.7 Å². The van der Waals surface area contributed by atoms with Crippen LogP contribution in [0.4, 0.5) is 17.5 Å². The van der Waals surface area contributed by atoms with Crippen molar-refractivity contribution in [1.82, 2.24) is 24.8 Å². The van der Waals surface area contributed by atoms with Crippen molar-refractivity contribution in [2.24, 2.45) is 0 Å². The highest BCUT2D eigenvalue weighted by molar-refractivity contribution is 9.10. The van der Waals surface area contributed by atoms with Crippen molar-refractivity contribution < 1.29 is 0 Å². The predicted octanol–water partition coefficient (Wildman–Crippen LogP) is 3.22. The van der Waals surface area contributed by atoms with Crippen molar-refractivity contribution in [3.05, 3.63) is 45.4 Å². The number of aromatic nitrogens is 4. The molecule has 0 bridgehead atoms. The summed E-state index contributed by atoms with van der Waals surface area (Å²) in [6, 6.07) is 6.00. The molecule has 156 valence electrons. The average molecular weight is 470 g/mol. The largest absolute Gasteiger partial charge is 0.354 e. The Morgan fingerprint density at radius 2 is 1.90 bits per heavy atom. The molecule has 3 aromatic rings. The van der Waals surface area contributed by atoms with Crippen LogP contribution in [0.15, 0.2) is 39.9 Å². The monoisotopic (exact) mass is 469 g/mol. The minimum atomic E-state index is -0.0268. The molecule has 0 amide bonds. The zero-order valence-corrected chi connectivity index (χ0v) is 18.2. The molecule has 0 spiro atoms. The number of nitrogens with one attached hydrogen (secondary N) is 2. The fourth-order valence-corrected chi connectivity index (χ4v) is 4.76. The lowest BCUT2D eigenvalue weighted by molar-refractivity contribution is 0.514. The van der Waals surface area contributed by atoms with Gasteiger partial charge in [-0.25, -0.2) is 9.97 Å². The predicted molar refractivity (Wildman–Crippen MR) is 122 cm³/mol. The summed E-state index contributed by atoms with van der Waals surface area (Å²) in [4.78, 5) is 28.8. The first-order valence-corrected chi connectivity index (χ1v) is 11.2. The van der Waals surface area contributed by atoms with Crippen LogP contribution in [0.1, 0.15) is 31.7 Å². The summed E-state index contributed by atoms with van der Waals surface area (Å²) in [5, 5.41) is 7.44. The third-order valence-corrected chi connectivity index (χ3v) is 6.43. The zero-order valence-electron chi connectivity index (χ0n) is 16.6. The fraction of sp³-hybridized carbons (Fsp3) is 0.429. The van der Waals surface area contributed by atoms with Gasteiger partial charge in [-0.05, 0) is 47.0 Å². The summed E-state index contributed by atoms with van der Waals surface area (Å²) in [5.74, 6) is 1.44. The number of pyridine rings is 2. The van der Waals surface area contributed by atoms with Gasteiger partial charge in [-0.3, -0.25) is 9.36 Å². The van der Waals surface area contributed by atoms with Gasteiger partial charge in [-0.1, -0.05) is 12.8 Å². The van der Waals surface area contributed by atoms with Gasteiger partial charge in [0.15, 0.2) is 0 Å². The Balaban J connectivity index is 1.44. The van der Waals surface area contributed by atoms with Gasteiger partial charge in [0.05, 0.1) is 16.4 Å². The molecule has 2 fully saturated rings.